The van der Waals surface area contributed by atoms with Gasteiger partial charge in [0.15, 0.2) is 6.61 Å². The summed E-state index contributed by atoms with van der Waals surface area (Å²) in [6.45, 7) is -0.784. The second-order valence-electron chi connectivity index (χ2n) is 8.73. The van der Waals surface area contributed by atoms with Gasteiger partial charge in [-0.05, 0) is 23.3 Å². The highest BCUT2D eigenvalue weighted by molar-refractivity contribution is 6.33. The predicted octanol–water partition coefficient (Wildman–Crippen LogP) is 2.36. The molecule has 1 aliphatic heterocycles. The van der Waals surface area contributed by atoms with Crippen LogP contribution in [0, 0.1) is 5.92 Å². The minimum atomic E-state index is -0.879. The van der Waals surface area contributed by atoms with Gasteiger partial charge in [0.05, 0.1) is 29.0 Å². The fraction of sp³-hybridized carbons (Fsp3) is 0.179. The van der Waals surface area contributed by atoms with Crippen LogP contribution in [0.15, 0.2) is 84.9 Å². The zero-order chi connectivity index (χ0) is 27.8. The van der Waals surface area contributed by atoms with E-state index in [9.17, 15) is 24.0 Å². The van der Waals surface area contributed by atoms with Gasteiger partial charge in [-0.2, -0.15) is 0 Å². The third kappa shape index (κ3) is 6.99. The first-order chi connectivity index (χ1) is 18.8. The molecule has 1 atom stereocenters. The number of benzene rings is 3. The first kappa shape index (κ1) is 27.3. The molecule has 0 bridgehead atoms. The van der Waals surface area contributed by atoms with Crippen molar-refractivity contribution in [2.75, 3.05) is 13.2 Å². The van der Waals surface area contributed by atoms with Crippen LogP contribution in [0.3, 0.4) is 0 Å². The number of hydrazine groups is 2. The van der Waals surface area contributed by atoms with E-state index in [1.165, 1.54) is 12.1 Å². The van der Waals surface area contributed by atoms with Crippen LogP contribution in [0.1, 0.15) is 33.8 Å². The van der Waals surface area contributed by atoms with E-state index in [-0.39, 0.29) is 23.6 Å². The summed E-state index contributed by atoms with van der Waals surface area (Å²) in [7, 11) is 0. The van der Waals surface area contributed by atoms with E-state index in [2.05, 4.69) is 16.3 Å². The van der Waals surface area contributed by atoms with Crippen molar-refractivity contribution < 1.29 is 28.7 Å². The van der Waals surface area contributed by atoms with E-state index in [4.69, 9.17) is 16.3 Å². The first-order valence-corrected chi connectivity index (χ1v) is 12.4. The number of nitrogens with one attached hydrogen (secondary N) is 3. The number of nitrogens with zero attached hydrogens (tertiary/aromatic N) is 1. The van der Waals surface area contributed by atoms with E-state index in [1.54, 1.807) is 12.1 Å². The smallest absolute Gasteiger partial charge is 0.311 e. The number of esters is 1. The molecule has 4 rings (SSSR count). The number of halogens is 1. The lowest BCUT2D eigenvalue weighted by atomic mass is 9.91. The highest BCUT2D eigenvalue weighted by Gasteiger charge is 2.37. The lowest BCUT2D eigenvalue weighted by Crippen LogP contribution is -2.46. The number of carbonyl (C=O) groups is 5. The Balaban J connectivity index is 1.29. The van der Waals surface area contributed by atoms with Crippen molar-refractivity contribution in [1.29, 1.82) is 0 Å². The third-order valence-corrected chi connectivity index (χ3v) is 6.34. The summed E-state index contributed by atoms with van der Waals surface area (Å²) < 4.78 is 5.02. The van der Waals surface area contributed by atoms with Gasteiger partial charge in [-0.15, -0.1) is 0 Å². The van der Waals surface area contributed by atoms with Crippen LogP contribution in [0.25, 0.3) is 0 Å². The molecule has 0 unspecified atom stereocenters. The molecule has 1 aliphatic rings. The Morgan fingerprint density at radius 3 is 2.08 bits per heavy atom. The molecule has 0 radical (unpaired) electrons. The molecule has 10 nitrogen and oxygen atoms in total. The van der Waals surface area contributed by atoms with Gasteiger partial charge < -0.3 is 4.74 Å². The minimum absolute atomic E-state index is 0.107. The highest BCUT2D eigenvalue weighted by Crippen LogP contribution is 2.26. The standard InChI is InChI=1S/C28H25ClN4O6/c29-22-14-8-7-13-21(22)26(36)31-30-23(34)17-39-28(38)20-15-24(35)33(16-20)32-27(37)25(18-9-3-1-4-10-18)19-11-5-2-6-12-19/h1-14,20,25H,15-17H2,(H,30,34)(H,31,36)(H,32,37)/t20-/m1/s1. The zero-order valence-electron chi connectivity index (χ0n) is 20.6. The Morgan fingerprint density at radius 2 is 1.46 bits per heavy atom. The summed E-state index contributed by atoms with van der Waals surface area (Å²) in [5, 5.41) is 1.30. The Morgan fingerprint density at radius 1 is 0.872 bits per heavy atom. The molecule has 0 spiro atoms. The summed E-state index contributed by atoms with van der Waals surface area (Å²) in [4.78, 5) is 62.5. The van der Waals surface area contributed by atoms with E-state index >= 15 is 0 Å². The molecular formula is C28H25ClN4O6. The van der Waals surface area contributed by atoms with Gasteiger partial charge in [0.1, 0.15) is 0 Å². The molecule has 0 saturated carbocycles. The van der Waals surface area contributed by atoms with E-state index in [0.29, 0.717) is 0 Å². The quantitative estimate of drug-likeness (QED) is 0.292. The second-order valence-corrected chi connectivity index (χ2v) is 9.13. The summed E-state index contributed by atoms with van der Waals surface area (Å²) in [5.41, 5.74) is 8.59. The SMILES string of the molecule is O=C(COC(=O)[C@@H]1CC(=O)N(NC(=O)C(c2ccccc2)c2ccccc2)C1)NNC(=O)c1ccccc1Cl. The normalized spacial score (nSPS) is 14.6. The van der Waals surface area contributed by atoms with E-state index in [0.717, 1.165) is 16.1 Å². The number of ether oxygens (including phenoxy) is 1. The van der Waals surface area contributed by atoms with E-state index in [1.807, 2.05) is 60.7 Å². The average molecular weight is 549 g/mol. The van der Waals surface area contributed by atoms with Crippen molar-refractivity contribution in [2.24, 2.45) is 5.92 Å². The monoisotopic (exact) mass is 548 g/mol. The Labute approximate surface area is 229 Å². The van der Waals surface area contributed by atoms with Crippen LogP contribution < -0.4 is 16.3 Å². The van der Waals surface area contributed by atoms with Gasteiger partial charge in [0.2, 0.25) is 5.91 Å². The third-order valence-electron chi connectivity index (χ3n) is 6.01. The molecule has 3 N–H and O–H groups in total. The number of rotatable bonds is 8. The van der Waals surface area contributed by atoms with Crippen molar-refractivity contribution >= 4 is 41.2 Å². The molecule has 1 fully saturated rings. The molecule has 39 heavy (non-hydrogen) atoms. The average Bonchev–Trinajstić information content (AvgIpc) is 3.31. The molecule has 0 aromatic heterocycles. The van der Waals surface area contributed by atoms with Crippen molar-refractivity contribution in [2.45, 2.75) is 12.3 Å². The number of carbonyl (C=O) groups excluding carboxylic acids is 5. The number of hydrogen-bond donors (Lipinski definition) is 3. The summed E-state index contributed by atoms with van der Waals surface area (Å²) in [6.07, 6.45) is -0.189. The molecule has 11 heteroatoms. The largest absolute Gasteiger partial charge is 0.455 e. The molecule has 200 valence electrons. The summed E-state index contributed by atoms with van der Waals surface area (Å²) in [6, 6.07) is 24.6. The Bertz CT molecular complexity index is 1330. The molecule has 3 aromatic rings. The molecule has 3 aromatic carbocycles. The molecule has 0 aliphatic carbocycles. The fourth-order valence-corrected chi connectivity index (χ4v) is 4.31. The number of amides is 4. The van der Waals surface area contributed by atoms with Crippen LogP contribution in [-0.2, 0) is 23.9 Å². The fourth-order valence-electron chi connectivity index (χ4n) is 4.09. The minimum Gasteiger partial charge on any atom is -0.455 e. The molecule has 1 saturated heterocycles. The maximum absolute atomic E-state index is 13.3. The van der Waals surface area contributed by atoms with Crippen molar-refractivity contribution in [3.05, 3.63) is 107 Å². The van der Waals surface area contributed by atoms with Crippen LogP contribution in [0.5, 0.6) is 0 Å². The Hall–Kier alpha value is -4.70. The predicted molar refractivity (Wildman–Crippen MR) is 141 cm³/mol. The maximum atomic E-state index is 13.3. The van der Waals surface area contributed by atoms with Gasteiger partial charge >= 0.3 is 5.97 Å². The number of hydrogen-bond acceptors (Lipinski definition) is 6. The highest BCUT2D eigenvalue weighted by atomic mass is 35.5. The first-order valence-electron chi connectivity index (χ1n) is 12.0. The van der Waals surface area contributed by atoms with Gasteiger partial charge in [-0.3, -0.25) is 45.3 Å². The van der Waals surface area contributed by atoms with Crippen LogP contribution in [-0.4, -0.2) is 47.8 Å². The van der Waals surface area contributed by atoms with Gasteiger partial charge in [-0.1, -0.05) is 84.4 Å². The van der Waals surface area contributed by atoms with Crippen LogP contribution in [0.2, 0.25) is 5.02 Å². The lowest BCUT2D eigenvalue weighted by Gasteiger charge is -2.23. The zero-order valence-corrected chi connectivity index (χ0v) is 21.4. The Kier molecular flexibility index (Phi) is 8.90. The van der Waals surface area contributed by atoms with E-state index < -0.39 is 48.0 Å². The molecular weight excluding hydrogens is 524 g/mol. The lowest BCUT2D eigenvalue weighted by molar-refractivity contribution is -0.152. The topological polar surface area (TPSA) is 134 Å². The molecule has 1 heterocycles. The summed E-state index contributed by atoms with van der Waals surface area (Å²) in [5.74, 6) is -4.64. The van der Waals surface area contributed by atoms with Crippen LogP contribution >= 0.6 is 11.6 Å². The van der Waals surface area contributed by atoms with Crippen LogP contribution in [0.4, 0.5) is 0 Å². The van der Waals surface area contributed by atoms with Crippen molar-refractivity contribution in [3.63, 3.8) is 0 Å². The maximum Gasteiger partial charge on any atom is 0.311 e. The van der Waals surface area contributed by atoms with Gasteiger partial charge in [0, 0.05) is 6.42 Å². The van der Waals surface area contributed by atoms with Gasteiger partial charge in [-0.25, -0.2) is 0 Å². The molecule has 4 amide bonds. The second kappa shape index (κ2) is 12.7. The van der Waals surface area contributed by atoms with Crippen molar-refractivity contribution in [1.82, 2.24) is 21.3 Å². The van der Waals surface area contributed by atoms with Gasteiger partial charge in [0.25, 0.3) is 17.7 Å². The van der Waals surface area contributed by atoms with Crippen molar-refractivity contribution in [3.8, 4) is 0 Å². The summed E-state index contributed by atoms with van der Waals surface area (Å²) >= 11 is 5.94.